The van der Waals surface area contributed by atoms with Gasteiger partial charge in [0, 0.05) is 0 Å². The molecule has 0 heterocycles. The summed E-state index contributed by atoms with van der Waals surface area (Å²) in [6.45, 7) is 0. The fourth-order valence-corrected chi connectivity index (χ4v) is 0. The Hall–Kier alpha value is 1.52. The summed E-state index contributed by atoms with van der Waals surface area (Å²) in [7, 11) is 0. The molecular weight excluding hydrogens is 217 g/mol. The second-order valence-electron chi connectivity index (χ2n) is 0. The molecule has 0 aromatic rings. The molecule has 0 aliphatic rings. The maximum atomic E-state index is 0. The van der Waals surface area contributed by atoms with Gasteiger partial charge in [0.15, 0.2) is 0 Å². The fourth-order valence-electron chi connectivity index (χ4n) is 0. The summed E-state index contributed by atoms with van der Waals surface area (Å²) in [4.78, 5) is 0. The first-order valence-corrected chi connectivity index (χ1v) is 0. The van der Waals surface area contributed by atoms with Gasteiger partial charge in [-0.2, -0.15) is 0 Å². The van der Waals surface area contributed by atoms with Crippen LogP contribution in [0.25, 0.3) is 0 Å². The van der Waals surface area contributed by atoms with Crippen LogP contribution in [-0.2, 0) is 50.3 Å². The van der Waals surface area contributed by atoms with Crippen LogP contribution in [0.1, 0.15) is 22.3 Å². The molecule has 0 aliphatic heterocycles. The van der Waals surface area contributed by atoms with Crippen molar-refractivity contribution in [3.63, 3.8) is 0 Å². The minimum Gasteiger partial charge on any atom is -0.0776 e. The molecular formula is C3H12CoCuNi+6. The Bertz CT molecular complexity index is 10.8. The standard InChI is InChI=1S/3CH4.Co.Cu.Ni/h3*1H4;;;/q;;;3*+2. The molecule has 0 unspecified atom stereocenters. The molecule has 0 atom stereocenters. The van der Waals surface area contributed by atoms with Gasteiger partial charge in [0.25, 0.3) is 0 Å². The fraction of sp³-hybridized carbons (Fsp3) is 1.00. The van der Waals surface area contributed by atoms with E-state index in [1.807, 2.05) is 0 Å². The SMILES string of the molecule is C.C.C.[Co+2].[Cu+2].[Ni+2]. The van der Waals surface area contributed by atoms with Gasteiger partial charge in [0.2, 0.25) is 0 Å². The summed E-state index contributed by atoms with van der Waals surface area (Å²) in [5.74, 6) is 0. The average molecular weight is 229 g/mol. The van der Waals surface area contributed by atoms with Crippen LogP contribution in [0.2, 0.25) is 0 Å². The predicted octanol–water partition coefficient (Wildman–Crippen LogP) is 1.90. The van der Waals surface area contributed by atoms with Gasteiger partial charge in [0.1, 0.15) is 0 Å². The van der Waals surface area contributed by atoms with Crippen molar-refractivity contribution in [1.82, 2.24) is 0 Å². The third-order valence-electron chi connectivity index (χ3n) is 0. The summed E-state index contributed by atoms with van der Waals surface area (Å²) >= 11 is 0. The molecule has 0 saturated carbocycles. The molecule has 2 radical (unpaired) electrons. The molecule has 0 fully saturated rings. The van der Waals surface area contributed by atoms with Gasteiger partial charge in [0.05, 0.1) is 0 Å². The monoisotopic (exact) mass is 228 g/mol. The van der Waals surface area contributed by atoms with Crippen molar-refractivity contribution < 1.29 is 50.3 Å². The zero-order chi connectivity index (χ0) is 0. The third-order valence-corrected chi connectivity index (χ3v) is 0. The van der Waals surface area contributed by atoms with Crippen LogP contribution in [0, 0.1) is 0 Å². The van der Waals surface area contributed by atoms with E-state index >= 15 is 0 Å². The predicted molar refractivity (Wildman–Crippen MR) is 20.2 cm³/mol. The Balaban J connectivity index is 0. The van der Waals surface area contributed by atoms with Crippen molar-refractivity contribution in [1.29, 1.82) is 0 Å². The smallest absolute Gasteiger partial charge is 0.0776 e. The van der Waals surface area contributed by atoms with Gasteiger partial charge in [-0.1, -0.05) is 22.3 Å². The Labute approximate surface area is 72.4 Å². The summed E-state index contributed by atoms with van der Waals surface area (Å²) < 4.78 is 0. The van der Waals surface area contributed by atoms with Crippen LogP contribution >= 0.6 is 0 Å². The zero-order valence-corrected chi connectivity index (χ0v) is 3.92. The molecule has 0 spiro atoms. The molecule has 0 N–H and O–H groups in total. The Morgan fingerprint density at radius 2 is 0.667 bits per heavy atom. The van der Waals surface area contributed by atoms with E-state index in [1.165, 1.54) is 0 Å². The largest absolute Gasteiger partial charge is 2.00 e. The van der Waals surface area contributed by atoms with Crippen LogP contribution in [0.5, 0.6) is 0 Å². The van der Waals surface area contributed by atoms with Gasteiger partial charge in [-0.3, -0.25) is 0 Å². The molecule has 0 bridgehead atoms. The van der Waals surface area contributed by atoms with E-state index in [-0.39, 0.29) is 72.6 Å². The molecule has 0 nitrogen and oxygen atoms in total. The van der Waals surface area contributed by atoms with Gasteiger partial charge < -0.3 is 0 Å². The first-order chi connectivity index (χ1) is 0. The molecule has 0 saturated heterocycles. The first-order valence-electron chi connectivity index (χ1n) is 0. The van der Waals surface area contributed by atoms with Crippen LogP contribution < -0.4 is 0 Å². The molecule has 0 aliphatic carbocycles. The molecule has 0 aromatic carbocycles. The topological polar surface area (TPSA) is 0 Å². The van der Waals surface area contributed by atoms with Crippen LogP contribution in [0.3, 0.4) is 0 Å². The summed E-state index contributed by atoms with van der Waals surface area (Å²) in [5.41, 5.74) is 0. The summed E-state index contributed by atoms with van der Waals surface area (Å²) in [6.07, 6.45) is 0. The maximum absolute atomic E-state index is 0. The number of hydrogen-bond acceptors (Lipinski definition) is 0. The molecule has 3 heteroatoms. The Kier molecular flexibility index (Phi) is 1980. The van der Waals surface area contributed by atoms with Crippen LogP contribution in [-0.4, -0.2) is 0 Å². The van der Waals surface area contributed by atoms with Crippen molar-refractivity contribution in [3.05, 3.63) is 0 Å². The first kappa shape index (κ1) is 138. The summed E-state index contributed by atoms with van der Waals surface area (Å²) in [6, 6.07) is 0. The molecule has 0 aromatic heterocycles. The van der Waals surface area contributed by atoms with E-state index < -0.39 is 0 Å². The number of hydrogen-bond donors (Lipinski definition) is 0. The van der Waals surface area contributed by atoms with E-state index in [4.69, 9.17) is 0 Å². The zero-order valence-electron chi connectivity index (χ0n) is 0.951. The van der Waals surface area contributed by atoms with Gasteiger partial charge in [-0.25, -0.2) is 0 Å². The minimum absolute atomic E-state index is 0. The quantitative estimate of drug-likeness (QED) is 0.557. The van der Waals surface area contributed by atoms with Crippen molar-refractivity contribution in [2.75, 3.05) is 0 Å². The number of rotatable bonds is 0. The molecule has 6 heavy (non-hydrogen) atoms. The average Bonchev–Trinajstić information content (AvgIpc) is 0. The van der Waals surface area contributed by atoms with E-state index in [0.717, 1.165) is 0 Å². The van der Waals surface area contributed by atoms with E-state index in [0.29, 0.717) is 0 Å². The van der Waals surface area contributed by atoms with E-state index in [2.05, 4.69) is 0 Å². The van der Waals surface area contributed by atoms with Crippen LogP contribution in [0.15, 0.2) is 0 Å². The van der Waals surface area contributed by atoms with Crippen molar-refractivity contribution >= 4 is 0 Å². The summed E-state index contributed by atoms with van der Waals surface area (Å²) in [5, 5.41) is 0. The third kappa shape index (κ3) is 48.8. The molecule has 0 rings (SSSR count). The second kappa shape index (κ2) is 86.0. The van der Waals surface area contributed by atoms with Crippen LogP contribution in [0.4, 0.5) is 0 Å². The van der Waals surface area contributed by atoms with Gasteiger partial charge in [-0.05, 0) is 0 Å². The molecule has 0 amide bonds. The van der Waals surface area contributed by atoms with E-state index in [1.54, 1.807) is 0 Å². The normalized spacial score (nSPS) is 0. The van der Waals surface area contributed by atoms with Gasteiger partial charge in [-0.15, -0.1) is 0 Å². The molecule has 48 valence electrons. The Morgan fingerprint density at radius 1 is 0.667 bits per heavy atom. The van der Waals surface area contributed by atoms with Crippen molar-refractivity contribution in [2.45, 2.75) is 22.3 Å². The minimum atomic E-state index is 0. The van der Waals surface area contributed by atoms with E-state index in [9.17, 15) is 0 Å². The van der Waals surface area contributed by atoms with Gasteiger partial charge >= 0.3 is 50.3 Å². The van der Waals surface area contributed by atoms with Crippen molar-refractivity contribution in [2.24, 2.45) is 0 Å². The maximum Gasteiger partial charge on any atom is 2.00 e. The van der Waals surface area contributed by atoms with Crippen molar-refractivity contribution in [3.8, 4) is 0 Å². The second-order valence-corrected chi connectivity index (χ2v) is 0. The Morgan fingerprint density at radius 3 is 0.667 bits per heavy atom.